The lowest BCUT2D eigenvalue weighted by Crippen LogP contribution is -2.05. The number of carbonyl (C=O) groups is 2. The Morgan fingerprint density at radius 3 is 2.44 bits per heavy atom. The summed E-state index contributed by atoms with van der Waals surface area (Å²) in [6.45, 7) is 0. The van der Waals surface area contributed by atoms with Crippen molar-refractivity contribution in [1.29, 1.82) is 0 Å². The van der Waals surface area contributed by atoms with Crippen LogP contribution in [-0.4, -0.2) is 16.5 Å². The van der Waals surface area contributed by atoms with E-state index in [1.54, 1.807) is 16.8 Å². The van der Waals surface area contributed by atoms with Crippen LogP contribution in [0.3, 0.4) is 0 Å². The van der Waals surface area contributed by atoms with E-state index in [1.807, 2.05) is 30.3 Å². The summed E-state index contributed by atoms with van der Waals surface area (Å²) in [6, 6.07) is 10.9. The molecule has 0 aliphatic carbocycles. The van der Waals surface area contributed by atoms with Gasteiger partial charge in [0.05, 0.1) is 5.56 Å². The Bertz CT molecular complexity index is 584. The van der Waals surface area contributed by atoms with E-state index in [0.717, 1.165) is 5.69 Å². The van der Waals surface area contributed by atoms with Crippen LogP contribution < -0.4 is 0 Å². The molecule has 0 saturated carbocycles. The molecule has 4 heteroatoms. The van der Waals surface area contributed by atoms with Crippen molar-refractivity contribution in [2.75, 3.05) is 0 Å². The number of benzene rings is 1. The molecular formula is C12H7NO3. The number of rotatable bonds is 1. The van der Waals surface area contributed by atoms with E-state index in [2.05, 4.69) is 4.74 Å². The zero-order chi connectivity index (χ0) is 11.1. The van der Waals surface area contributed by atoms with Crippen molar-refractivity contribution in [3.05, 3.63) is 53.9 Å². The van der Waals surface area contributed by atoms with Crippen LogP contribution in [0.5, 0.6) is 0 Å². The number of nitrogens with zero attached hydrogens (tertiary/aromatic N) is 1. The lowest BCUT2D eigenvalue weighted by molar-refractivity contribution is 0.0439. The standard InChI is InChI=1S/C12H7NO3/c14-11-9-6-7-13(10(9)12(15)16-11)8-4-2-1-3-5-8/h1-7H. The van der Waals surface area contributed by atoms with Gasteiger partial charge in [0.25, 0.3) is 0 Å². The van der Waals surface area contributed by atoms with Gasteiger partial charge in [-0.3, -0.25) is 0 Å². The molecule has 0 radical (unpaired) electrons. The van der Waals surface area contributed by atoms with Crippen molar-refractivity contribution in [3.8, 4) is 5.69 Å². The second-order valence-corrected chi connectivity index (χ2v) is 3.46. The van der Waals surface area contributed by atoms with Gasteiger partial charge in [-0.1, -0.05) is 18.2 Å². The van der Waals surface area contributed by atoms with Crippen LogP contribution in [-0.2, 0) is 4.74 Å². The average molecular weight is 213 g/mol. The van der Waals surface area contributed by atoms with Crippen LogP contribution in [0.4, 0.5) is 0 Å². The molecule has 3 rings (SSSR count). The lowest BCUT2D eigenvalue weighted by atomic mass is 10.2. The third-order valence-corrected chi connectivity index (χ3v) is 2.52. The highest BCUT2D eigenvalue weighted by Gasteiger charge is 2.33. The molecule has 2 heterocycles. The Morgan fingerprint density at radius 2 is 1.69 bits per heavy atom. The zero-order valence-corrected chi connectivity index (χ0v) is 8.21. The molecule has 2 aromatic rings. The first-order valence-corrected chi connectivity index (χ1v) is 4.80. The molecule has 4 nitrogen and oxygen atoms in total. The van der Waals surface area contributed by atoms with Gasteiger partial charge in [0.1, 0.15) is 5.69 Å². The van der Waals surface area contributed by atoms with Gasteiger partial charge in [0.2, 0.25) is 0 Å². The quantitative estimate of drug-likeness (QED) is 0.536. The van der Waals surface area contributed by atoms with E-state index >= 15 is 0 Å². The van der Waals surface area contributed by atoms with Crippen LogP contribution in [0.25, 0.3) is 5.69 Å². The summed E-state index contributed by atoms with van der Waals surface area (Å²) in [5.41, 5.74) is 1.46. The molecule has 0 N–H and O–H groups in total. The molecule has 1 aliphatic heterocycles. The molecule has 78 valence electrons. The molecule has 1 aromatic heterocycles. The Morgan fingerprint density at radius 1 is 0.938 bits per heavy atom. The van der Waals surface area contributed by atoms with Crippen molar-refractivity contribution >= 4 is 11.9 Å². The summed E-state index contributed by atoms with van der Waals surface area (Å²) in [5.74, 6) is -1.16. The number of fused-ring (bicyclic) bond motifs is 1. The van der Waals surface area contributed by atoms with Crippen LogP contribution in [0.1, 0.15) is 20.8 Å². The number of hydrogen-bond acceptors (Lipinski definition) is 3. The fourth-order valence-electron chi connectivity index (χ4n) is 1.80. The van der Waals surface area contributed by atoms with Gasteiger partial charge in [-0.15, -0.1) is 0 Å². The van der Waals surface area contributed by atoms with Gasteiger partial charge < -0.3 is 9.30 Å². The maximum atomic E-state index is 11.5. The van der Waals surface area contributed by atoms with Crippen molar-refractivity contribution in [1.82, 2.24) is 4.57 Å². The largest absolute Gasteiger partial charge is 0.385 e. The number of hydrogen-bond donors (Lipinski definition) is 0. The lowest BCUT2D eigenvalue weighted by Gasteiger charge is -2.04. The molecule has 0 amide bonds. The Balaban J connectivity index is 2.22. The zero-order valence-electron chi connectivity index (χ0n) is 8.21. The molecular weight excluding hydrogens is 206 g/mol. The molecule has 0 fully saturated rings. The first kappa shape index (κ1) is 8.91. The third kappa shape index (κ3) is 1.10. The average Bonchev–Trinajstić information content (AvgIpc) is 2.84. The molecule has 0 bridgehead atoms. The summed E-state index contributed by atoms with van der Waals surface area (Å²) in [7, 11) is 0. The van der Waals surface area contributed by atoms with Gasteiger partial charge in [-0.2, -0.15) is 0 Å². The summed E-state index contributed by atoms with van der Waals surface area (Å²) in [5, 5.41) is 0. The van der Waals surface area contributed by atoms with E-state index in [0.29, 0.717) is 11.3 Å². The smallest absolute Gasteiger partial charge is 0.364 e. The minimum Gasteiger partial charge on any atom is -0.385 e. The maximum absolute atomic E-state index is 11.5. The van der Waals surface area contributed by atoms with Gasteiger partial charge in [0, 0.05) is 11.9 Å². The van der Waals surface area contributed by atoms with E-state index in [9.17, 15) is 9.59 Å². The summed E-state index contributed by atoms with van der Waals surface area (Å²) >= 11 is 0. The Hall–Kier alpha value is -2.36. The predicted molar refractivity (Wildman–Crippen MR) is 55.5 cm³/mol. The minimum absolute atomic E-state index is 0.302. The van der Waals surface area contributed by atoms with Gasteiger partial charge in [-0.05, 0) is 18.2 Å². The van der Waals surface area contributed by atoms with Crippen molar-refractivity contribution in [3.63, 3.8) is 0 Å². The van der Waals surface area contributed by atoms with Gasteiger partial charge in [0.15, 0.2) is 0 Å². The fourth-order valence-corrected chi connectivity index (χ4v) is 1.80. The molecule has 0 spiro atoms. The molecule has 0 unspecified atom stereocenters. The minimum atomic E-state index is -0.589. The molecule has 16 heavy (non-hydrogen) atoms. The fraction of sp³-hybridized carbons (Fsp3) is 0. The molecule has 1 aromatic carbocycles. The van der Waals surface area contributed by atoms with Crippen LogP contribution in [0, 0.1) is 0 Å². The van der Waals surface area contributed by atoms with Crippen molar-refractivity contribution in [2.24, 2.45) is 0 Å². The first-order valence-electron chi connectivity index (χ1n) is 4.80. The van der Waals surface area contributed by atoms with E-state index in [4.69, 9.17) is 0 Å². The number of cyclic esters (lactones) is 2. The second-order valence-electron chi connectivity index (χ2n) is 3.46. The van der Waals surface area contributed by atoms with Crippen molar-refractivity contribution < 1.29 is 14.3 Å². The van der Waals surface area contributed by atoms with Crippen molar-refractivity contribution in [2.45, 2.75) is 0 Å². The first-order chi connectivity index (χ1) is 7.77. The SMILES string of the molecule is O=C1OC(=O)c2c1ccn2-c1ccccc1. The van der Waals surface area contributed by atoms with E-state index in [1.165, 1.54) is 0 Å². The second kappa shape index (κ2) is 3.06. The van der Waals surface area contributed by atoms with E-state index in [-0.39, 0.29) is 0 Å². The third-order valence-electron chi connectivity index (χ3n) is 2.52. The van der Waals surface area contributed by atoms with E-state index < -0.39 is 11.9 Å². The summed E-state index contributed by atoms with van der Waals surface area (Å²) in [6.07, 6.45) is 1.69. The molecule has 0 atom stereocenters. The van der Waals surface area contributed by atoms with Crippen LogP contribution >= 0.6 is 0 Å². The summed E-state index contributed by atoms with van der Waals surface area (Å²) < 4.78 is 6.19. The topological polar surface area (TPSA) is 48.3 Å². The molecule has 0 saturated heterocycles. The number of para-hydroxylation sites is 1. The van der Waals surface area contributed by atoms with Crippen LogP contribution in [0.2, 0.25) is 0 Å². The van der Waals surface area contributed by atoms with Gasteiger partial charge in [-0.25, -0.2) is 9.59 Å². The number of carbonyl (C=O) groups excluding carboxylic acids is 2. The highest BCUT2D eigenvalue weighted by Crippen LogP contribution is 2.24. The highest BCUT2D eigenvalue weighted by molar-refractivity contribution is 6.14. The normalized spacial score (nSPS) is 13.8. The number of aromatic nitrogens is 1. The Labute approximate surface area is 91.1 Å². The van der Waals surface area contributed by atoms with Crippen LogP contribution in [0.15, 0.2) is 42.6 Å². The monoisotopic (exact) mass is 213 g/mol. The summed E-state index contributed by atoms with van der Waals surface area (Å²) in [4.78, 5) is 22.7. The molecule has 1 aliphatic rings. The predicted octanol–water partition coefficient (Wildman–Crippen LogP) is 1.79. The highest BCUT2D eigenvalue weighted by atomic mass is 16.6. The Kier molecular flexibility index (Phi) is 1.71. The maximum Gasteiger partial charge on any atom is 0.364 e. The number of esters is 2. The van der Waals surface area contributed by atoms with Gasteiger partial charge >= 0.3 is 11.9 Å². The number of ether oxygens (including phenoxy) is 1.